The maximum atomic E-state index is 13.0. The SMILES string of the molecule is CC(C)(C)n1ncc(C(=O)c2ccc(S(C)(=O)=O)c(C3=NOCC3)c2Cl)c1O. The number of halogens is 1. The maximum Gasteiger partial charge on any atom is 0.221 e. The molecule has 0 bridgehead atoms. The van der Waals surface area contributed by atoms with Crippen LogP contribution in [0.1, 0.15) is 48.7 Å². The van der Waals surface area contributed by atoms with E-state index in [1.165, 1.54) is 23.0 Å². The Labute approximate surface area is 167 Å². The smallest absolute Gasteiger partial charge is 0.221 e. The molecule has 0 saturated heterocycles. The van der Waals surface area contributed by atoms with Crippen molar-refractivity contribution in [3.8, 4) is 5.88 Å². The molecule has 150 valence electrons. The van der Waals surface area contributed by atoms with Crippen LogP contribution in [-0.2, 0) is 20.2 Å². The first-order chi connectivity index (χ1) is 12.9. The number of oxime groups is 1. The molecular weight excluding hydrogens is 406 g/mol. The summed E-state index contributed by atoms with van der Waals surface area (Å²) in [5, 5.41) is 18.3. The van der Waals surface area contributed by atoms with Gasteiger partial charge in [-0.2, -0.15) is 5.10 Å². The molecule has 0 aliphatic carbocycles. The first-order valence-corrected chi connectivity index (χ1v) is 10.7. The highest BCUT2D eigenvalue weighted by Gasteiger charge is 2.30. The van der Waals surface area contributed by atoms with Gasteiger partial charge < -0.3 is 9.94 Å². The van der Waals surface area contributed by atoms with Gasteiger partial charge in [0.25, 0.3) is 0 Å². The molecule has 2 heterocycles. The van der Waals surface area contributed by atoms with E-state index < -0.39 is 21.2 Å². The van der Waals surface area contributed by atoms with Gasteiger partial charge in [0.2, 0.25) is 11.7 Å². The molecular formula is C18H20ClN3O5S. The largest absolute Gasteiger partial charge is 0.493 e. The van der Waals surface area contributed by atoms with Gasteiger partial charge in [-0.1, -0.05) is 16.8 Å². The van der Waals surface area contributed by atoms with E-state index >= 15 is 0 Å². The summed E-state index contributed by atoms with van der Waals surface area (Å²) in [5.74, 6) is -0.859. The minimum absolute atomic E-state index is 0.0282. The van der Waals surface area contributed by atoms with E-state index in [0.29, 0.717) is 18.7 Å². The summed E-state index contributed by atoms with van der Waals surface area (Å²) in [6, 6.07) is 2.64. The Morgan fingerprint density at radius 2 is 1.96 bits per heavy atom. The minimum Gasteiger partial charge on any atom is -0.493 e. The number of hydrogen-bond donors (Lipinski definition) is 1. The fourth-order valence-corrected chi connectivity index (χ4v) is 4.25. The van der Waals surface area contributed by atoms with Crippen molar-refractivity contribution < 1.29 is 23.2 Å². The molecule has 1 aromatic heterocycles. The number of benzene rings is 1. The van der Waals surface area contributed by atoms with Crippen molar-refractivity contribution in [2.45, 2.75) is 37.6 Å². The Morgan fingerprint density at radius 3 is 2.46 bits per heavy atom. The minimum atomic E-state index is -3.62. The molecule has 28 heavy (non-hydrogen) atoms. The lowest BCUT2D eigenvalue weighted by atomic mass is 9.99. The fraction of sp³-hybridized carbons (Fsp3) is 0.389. The van der Waals surface area contributed by atoms with Gasteiger partial charge in [-0.15, -0.1) is 0 Å². The highest BCUT2D eigenvalue weighted by Crippen LogP contribution is 2.34. The Balaban J connectivity index is 2.18. The fourth-order valence-electron chi connectivity index (χ4n) is 2.93. The lowest BCUT2D eigenvalue weighted by Gasteiger charge is -2.20. The summed E-state index contributed by atoms with van der Waals surface area (Å²) in [7, 11) is -3.62. The van der Waals surface area contributed by atoms with Crippen LogP contribution in [0.15, 0.2) is 28.4 Å². The second kappa shape index (κ2) is 6.89. The Bertz CT molecular complexity index is 1100. The molecule has 8 nitrogen and oxygen atoms in total. The van der Waals surface area contributed by atoms with Crippen LogP contribution >= 0.6 is 11.6 Å². The molecule has 0 atom stereocenters. The summed E-state index contributed by atoms with van der Waals surface area (Å²) in [4.78, 5) is 18.0. The van der Waals surface area contributed by atoms with E-state index in [1.807, 2.05) is 20.8 Å². The average Bonchev–Trinajstić information content (AvgIpc) is 3.22. The van der Waals surface area contributed by atoms with E-state index in [4.69, 9.17) is 16.4 Å². The van der Waals surface area contributed by atoms with Crippen LogP contribution in [0, 0.1) is 0 Å². The van der Waals surface area contributed by atoms with E-state index in [2.05, 4.69) is 10.3 Å². The lowest BCUT2D eigenvalue weighted by molar-refractivity contribution is 0.103. The number of aromatic hydroxyl groups is 1. The molecule has 0 spiro atoms. The van der Waals surface area contributed by atoms with Gasteiger partial charge >= 0.3 is 0 Å². The zero-order valence-corrected chi connectivity index (χ0v) is 17.4. The number of sulfone groups is 1. The quantitative estimate of drug-likeness (QED) is 0.754. The van der Waals surface area contributed by atoms with Crippen LogP contribution in [0.2, 0.25) is 5.02 Å². The number of carbonyl (C=O) groups is 1. The molecule has 0 fully saturated rings. The zero-order valence-electron chi connectivity index (χ0n) is 15.9. The molecule has 0 unspecified atom stereocenters. The lowest BCUT2D eigenvalue weighted by Crippen LogP contribution is -2.22. The van der Waals surface area contributed by atoms with Crippen molar-refractivity contribution in [1.82, 2.24) is 9.78 Å². The average molecular weight is 426 g/mol. The van der Waals surface area contributed by atoms with Crippen molar-refractivity contribution in [3.05, 3.63) is 40.0 Å². The summed E-state index contributed by atoms with van der Waals surface area (Å²) in [6.07, 6.45) is 2.69. The van der Waals surface area contributed by atoms with Crippen molar-refractivity contribution in [2.24, 2.45) is 5.16 Å². The Hall–Kier alpha value is -2.39. The Morgan fingerprint density at radius 1 is 1.29 bits per heavy atom. The van der Waals surface area contributed by atoms with Gasteiger partial charge in [0.05, 0.1) is 27.4 Å². The van der Waals surface area contributed by atoms with Gasteiger partial charge in [0.15, 0.2) is 9.84 Å². The van der Waals surface area contributed by atoms with Crippen LogP contribution in [-0.4, -0.2) is 47.7 Å². The van der Waals surface area contributed by atoms with Crippen LogP contribution in [0.5, 0.6) is 5.88 Å². The molecule has 0 saturated carbocycles. The summed E-state index contributed by atoms with van der Waals surface area (Å²) >= 11 is 6.46. The molecule has 2 aromatic rings. The number of ketones is 1. The molecule has 1 aliphatic rings. The highest BCUT2D eigenvalue weighted by molar-refractivity contribution is 7.90. The topological polar surface area (TPSA) is 111 Å². The molecule has 1 N–H and O–H groups in total. The number of carbonyl (C=O) groups excluding carboxylic acids is 1. The molecule has 1 aliphatic heterocycles. The highest BCUT2D eigenvalue weighted by atomic mass is 35.5. The van der Waals surface area contributed by atoms with Gasteiger partial charge in [-0.05, 0) is 32.9 Å². The van der Waals surface area contributed by atoms with E-state index in [-0.39, 0.29) is 32.5 Å². The predicted octanol–water partition coefficient (Wildman–Crippen LogP) is 2.76. The zero-order chi connectivity index (χ0) is 20.9. The molecule has 3 rings (SSSR count). The van der Waals surface area contributed by atoms with E-state index in [1.54, 1.807) is 0 Å². The van der Waals surface area contributed by atoms with Crippen LogP contribution < -0.4 is 0 Å². The third-order valence-corrected chi connectivity index (χ3v) is 5.80. The number of aromatic nitrogens is 2. The monoisotopic (exact) mass is 425 g/mol. The van der Waals surface area contributed by atoms with Gasteiger partial charge in [0.1, 0.15) is 12.2 Å². The number of hydrogen-bond acceptors (Lipinski definition) is 7. The molecule has 10 heteroatoms. The van der Waals surface area contributed by atoms with Gasteiger partial charge in [-0.25, -0.2) is 13.1 Å². The second-order valence-corrected chi connectivity index (χ2v) is 9.85. The van der Waals surface area contributed by atoms with Gasteiger partial charge in [-0.3, -0.25) is 4.79 Å². The van der Waals surface area contributed by atoms with Crippen molar-refractivity contribution in [3.63, 3.8) is 0 Å². The summed E-state index contributed by atoms with van der Waals surface area (Å²) in [5.41, 5.74) is -0.0139. The van der Waals surface area contributed by atoms with Gasteiger partial charge in [0, 0.05) is 23.8 Å². The number of nitrogens with zero attached hydrogens (tertiary/aromatic N) is 3. The molecule has 0 radical (unpaired) electrons. The van der Waals surface area contributed by atoms with Crippen molar-refractivity contribution in [2.75, 3.05) is 12.9 Å². The normalized spacial score (nSPS) is 14.7. The van der Waals surface area contributed by atoms with Crippen LogP contribution in [0.4, 0.5) is 0 Å². The summed E-state index contributed by atoms with van der Waals surface area (Å²) in [6.45, 7) is 5.79. The standard InChI is InChI=1S/C18H20ClN3O5S/c1-18(2,3)22-17(24)11(9-20-22)16(23)10-5-6-13(28(4,25)26)14(15(10)19)12-7-8-27-21-12/h5-6,9,24H,7-8H2,1-4H3. The van der Waals surface area contributed by atoms with Crippen LogP contribution in [0.3, 0.4) is 0 Å². The first kappa shape index (κ1) is 20.3. The Kier molecular flexibility index (Phi) is 5.01. The summed E-state index contributed by atoms with van der Waals surface area (Å²) < 4.78 is 25.7. The maximum absolute atomic E-state index is 13.0. The number of rotatable bonds is 4. The first-order valence-electron chi connectivity index (χ1n) is 8.47. The van der Waals surface area contributed by atoms with Crippen LogP contribution in [0.25, 0.3) is 0 Å². The van der Waals surface area contributed by atoms with E-state index in [0.717, 1.165) is 6.26 Å². The van der Waals surface area contributed by atoms with Crippen molar-refractivity contribution >= 4 is 32.9 Å². The predicted molar refractivity (Wildman–Crippen MR) is 104 cm³/mol. The molecule has 0 amide bonds. The molecule has 1 aromatic carbocycles. The van der Waals surface area contributed by atoms with E-state index in [9.17, 15) is 18.3 Å². The third-order valence-electron chi connectivity index (χ3n) is 4.27. The van der Waals surface area contributed by atoms with Crippen molar-refractivity contribution in [1.29, 1.82) is 0 Å². The third kappa shape index (κ3) is 3.51. The second-order valence-electron chi connectivity index (χ2n) is 7.49.